The van der Waals surface area contributed by atoms with Gasteiger partial charge in [-0.25, -0.2) is 4.98 Å². The van der Waals surface area contributed by atoms with Gasteiger partial charge in [0.2, 0.25) is 17.2 Å². The maximum absolute atomic E-state index is 6.77. The highest BCUT2D eigenvalue weighted by Gasteiger charge is 2.42. The highest BCUT2D eigenvalue weighted by atomic mass is 35.5. The average molecular weight is 571 g/mol. The van der Waals surface area contributed by atoms with Crippen LogP contribution in [-0.4, -0.2) is 61.9 Å². The van der Waals surface area contributed by atoms with Crippen LogP contribution in [0.1, 0.15) is 31.2 Å². The van der Waals surface area contributed by atoms with Crippen molar-refractivity contribution in [1.82, 2.24) is 29.6 Å². The highest BCUT2D eigenvalue weighted by Crippen LogP contribution is 2.47. The van der Waals surface area contributed by atoms with Crippen molar-refractivity contribution in [3.05, 3.63) is 39.4 Å². The number of benzene rings is 1. The molecule has 0 amide bonds. The minimum absolute atomic E-state index is 0.136. The summed E-state index contributed by atoms with van der Waals surface area (Å²) in [5.74, 6) is 2.97. The van der Waals surface area contributed by atoms with E-state index in [4.69, 9.17) is 28.9 Å². The maximum Gasteiger partial charge on any atom is 0.248 e. The number of fused-ring (bicyclic) bond motifs is 3. The first-order valence-corrected chi connectivity index (χ1v) is 14.8. The fourth-order valence-corrected chi connectivity index (χ4v) is 8.02. The van der Waals surface area contributed by atoms with Crippen molar-refractivity contribution in [3.63, 3.8) is 0 Å². The van der Waals surface area contributed by atoms with E-state index in [0.29, 0.717) is 16.8 Å². The number of halogens is 2. The van der Waals surface area contributed by atoms with E-state index in [1.807, 2.05) is 24.4 Å². The number of nitrogens with zero attached hydrogens (tertiary/aromatic N) is 7. The molecule has 1 saturated heterocycles. The second kappa shape index (κ2) is 9.51. The van der Waals surface area contributed by atoms with Crippen molar-refractivity contribution in [2.24, 2.45) is 11.8 Å². The first-order valence-electron chi connectivity index (χ1n) is 13.1. The summed E-state index contributed by atoms with van der Waals surface area (Å²) >= 11 is 14.5. The van der Waals surface area contributed by atoms with Gasteiger partial charge in [0.25, 0.3) is 0 Å². The Morgan fingerprint density at radius 1 is 1.05 bits per heavy atom. The Morgan fingerprint density at radius 3 is 2.63 bits per heavy atom. The molecule has 3 atom stereocenters. The Bertz CT molecular complexity index is 1510. The molecule has 2 saturated carbocycles. The van der Waals surface area contributed by atoms with Gasteiger partial charge in [-0.2, -0.15) is 14.6 Å². The van der Waals surface area contributed by atoms with Crippen LogP contribution in [0.2, 0.25) is 10.3 Å². The summed E-state index contributed by atoms with van der Waals surface area (Å²) in [5.41, 5.74) is 9.87. The van der Waals surface area contributed by atoms with Crippen LogP contribution in [0.4, 0.5) is 23.3 Å². The molecule has 38 heavy (non-hydrogen) atoms. The lowest BCUT2D eigenvalue weighted by atomic mass is 9.93. The third kappa shape index (κ3) is 4.27. The van der Waals surface area contributed by atoms with Gasteiger partial charge in [0.05, 0.1) is 20.9 Å². The van der Waals surface area contributed by atoms with Gasteiger partial charge in [0.1, 0.15) is 0 Å². The molecule has 7 rings (SSSR count). The topological polar surface area (TPSA) is 101 Å². The van der Waals surface area contributed by atoms with Crippen LogP contribution in [-0.2, 0) is 0 Å². The molecule has 0 spiro atoms. The molecule has 1 aromatic carbocycles. The molecule has 198 valence electrons. The molecule has 1 aliphatic heterocycles. The standard InChI is InChI=1S/C26H29Cl2N9S/c1-14-13-38-22-21(14)31-24(28)32-23(22)37-25(29)33-26(34-37)30-17-4-5-19(18(27)12-17)35-6-8-36(9-7-35)20-11-15-2-3-16(20)10-15/h4-5,12-13,15-16,20H,2-3,6-11H2,1H3,(H3,29,30,33,34)/t15-,16+,20+/m1/s1. The number of hydrogen-bond donors (Lipinski definition) is 2. The van der Waals surface area contributed by atoms with Gasteiger partial charge in [-0.05, 0) is 78.8 Å². The number of rotatable bonds is 5. The zero-order chi connectivity index (χ0) is 26.0. The second-order valence-electron chi connectivity index (χ2n) is 10.7. The summed E-state index contributed by atoms with van der Waals surface area (Å²) < 4.78 is 2.34. The Morgan fingerprint density at radius 2 is 1.89 bits per heavy atom. The van der Waals surface area contributed by atoms with Crippen LogP contribution in [0.3, 0.4) is 0 Å². The number of anilines is 4. The van der Waals surface area contributed by atoms with Gasteiger partial charge in [-0.1, -0.05) is 18.0 Å². The van der Waals surface area contributed by atoms with Gasteiger partial charge >= 0.3 is 0 Å². The normalized spacial score (nSPS) is 23.6. The lowest BCUT2D eigenvalue weighted by Crippen LogP contribution is -2.51. The summed E-state index contributed by atoms with van der Waals surface area (Å²) in [6, 6.07) is 6.79. The third-order valence-electron chi connectivity index (χ3n) is 8.41. The summed E-state index contributed by atoms with van der Waals surface area (Å²) in [5, 5.41) is 10.6. The van der Waals surface area contributed by atoms with Crippen LogP contribution in [0.5, 0.6) is 0 Å². The van der Waals surface area contributed by atoms with Crippen LogP contribution in [0.15, 0.2) is 23.6 Å². The molecule has 4 heterocycles. The Kier molecular flexibility index (Phi) is 6.11. The Balaban J connectivity index is 1.05. The predicted molar refractivity (Wildman–Crippen MR) is 154 cm³/mol. The van der Waals surface area contributed by atoms with Crippen molar-refractivity contribution in [2.75, 3.05) is 42.1 Å². The summed E-state index contributed by atoms with van der Waals surface area (Å²) in [6.07, 6.45) is 5.74. The van der Waals surface area contributed by atoms with Gasteiger partial charge in [0, 0.05) is 37.9 Å². The molecule has 4 aromatic rings. The van der Waals surface area contributed by atoms with Gasteiger partial charge in [-0.3, -0.25) is 4.90 Å². The number of aromatic nitrogens is 5. The number of thiophene rings is 1. The largest absolute Gasteiger partial charge is 0.368 e. The molecule has 12 heteroatoms. The molecular formula is C26H29Cl2N9S. The van der Waals surface area contributed by atoms with E-state index in [1.165, 1.54) is 41.7 Å². The van der Waals surface area contributed by atoms with E-state index in [-0.39, 0.29) is 11.2 Å². The van der Waals surface area contributed by atoms with E-state index in [1.54, 1.807) is 0 Å². The lowest BCUT2D eigenvalue weighted by Gasteiger charge is -2.42. The number of piperazine rings is 1. The average Bonchev–Trinajstić information content (AvgIpc) is 3.69. The Labute approximate surface area is 235 Å². The molecule has 3 fully saturated rings. The molecule has 3 aromatic heterocycles. The first-order chi connectivity index (χ1) is 18.4. The summed E-state index contributed by atoms with van der Waals surface area (Å²) in [7, 11) is 0. The maximum atomic E-state index is 6.77. The van der Waals surface area contributed by atoms with Crippen LogP contribution in [0.25, 0.3) is 16.0 Å². The SMILES string of the molecule is Cc1csc2c(-n3nc(Nc4ccc(N5CCN([C@H]6C[C@@H]7CC[C@H]6C7)CC5)c(Cl)c4)nc3N)nc(Cl)nc12. The Hall–Kier alpha value is -2.66. The third-order valence-corrected chi connectivity index (χ3v) is 9.96. The minimum atomic E-state index is 0.136. The zero-order valence-electron chi connectivity index (χ0n) is 21.1. The number of nitrogens with one attached hydrogen (secondary N) is 1. The second-order valence-corrected chi connectivity index (χ2v) is 12.3. The van der Waals surface area contributed by atoms with Crippen molar-refractivity contribution >= 4 is 68.0 Å². The molecular weight excluding hydrogens is 541 g/mol. The predicted octanol–water partition coefficient (Wildman–Crippen LogP) is 5.52. The fourth-order valence-electron chi connectivity index (χ4n) is 6.59. The van der Waals surface area contributed by atoms with Crippen LogP contribution >= 0.6 is 34.5 Å². The molecule has 2 aliphatic carbocycles. The zero-order valence-corrected chi connectivity index (χ0v) is 23.4. The minimum Gasteiger partial charge on any atom is -0.368 e. The lowest BCUT2D eigenvalue weighted by molar-refractivity contribution is 0.135. The van der Waals surface area contributed by atoms with E-state index in [9.17, 15) is 0 Å². The monoisotopic (exact) mass is 569 g/mol. The van der Waals surface area contributed by atoms with E-state index in [0.717, 1.165) is 71.2 Å². The highest BCUT2D eigenvalue weighted by molar-refractivity contribution is 7.17. The fraction of sp³-hybridized carbons (Fsp3) is 0.462. The van der Waals surface area contributed by atoms with Crippen LogP contribution < -0.4 is 16.0 Å². The van der Waals surface area contributed by atoms with E-state index in [2.05, 4.69) is 41.2 Å². The molecule has 9 nitrogen and oxygen atoms in total. The molecule has 3 aliphatic rings. The number of aryl methyl sites for hydroxylation is 1. The molecule has 0 unspecified atom stereocenters. The van der Waals surface area contributed by atoms with Gasteiger partial charge < -0.3 is 16.0 Å². The number of hydrogen-bond acceptors (Lipinski definition) is 9. The smallest absolute Gasteiger partial charge is 0.248 e. The number of nitrogens with two attached hydrogens (primary N) is 1. The van der Waals surface area contributed by atoms with E-state index < -0.39 is 0 Å². The van der Waals surface area contributed by atoms with Gasteiger partial charge in [0.15, 0.2) is 5.82 Å². The number of nitrogen functional groups attached to an aromatic ring is 1. The van der Waals surface area contributed by atoms with Crippen molar-refractivity contribution in [3.8, 4) is 5.82 Å². The molecule has 2 bridgehead atoms. The van der Waals surface area contributed by atoms with Crippen molar-refractivity contribution in [1.29, 1.82) is 0 Å². The first kappa shape index (κ1) is 24.4. The quantitative estimate of drug-likeness (QED) is 0.303. The van der Waals surface area contributed by atoms with E-state index >= 15 is 0 Å². The molecule has 0 radical (unpaired) electrons. The summed E-state index contributed by atoms with van der Waals surface area (Å²) in [4.78, 5) is 18.2. The van der Waals surface area contributed by atoms with Crippen molar-refractivity contribution < 1.29 is 0 Å². The van der Waals surface area contributed by atoms with Crippen LogP contribution in [0, 0.1) is 18.8 Å². The molecule has 3 N–H and O–H groups in total. The van der Waals surface area contributed by atoms with Gasteiger partial charge in [-0.15, -0.1) is 16.4 Å². The summed E-state index contributed by atoms with van der Waals surface area (Å²) in [6.45, 7) is 6.20. The van der Waals surface area contributed by atoms with Crippen molar-refractivity contribution in [2.45, 2.75) is 38.6 Å².